The zero-order valence-corrected chi connectivity index (χ0v) is 10.8. The minimum atomic E-state index is -0.198. The summed E-state index contributed by atoms with van der Waals surface area (Å²) in [6, 6.07) is 5.80. The lowest BCUT2D eigenvalue weighted by Crippen LogP contribution is -1.99. The monoisotopic (exact) mass is 257 g/mol. The first-order chi connectivity index (χ1) is 9.10. The number of fused-ring (bicyclic) bond motifs is 1. The topological polar surface area (TPSA) is 92.5 Å². The van der Waals surface area contributed by atoms with Crippen LogP contribution in [0.15, 0.2) is 23.0 Å². The van der Waals surface area contributed by atoms with Crippen LogP contribution in [0.1, 0.15) is 11.3 Å². The average molecular weight is 257 g/mol. The molecule has 0 bridgehead atoms. The molecule has 0 radical (unpaired) electrons. The Bertz CT molecular complexity index is 808. The molecule has 2 heterocycles. The van der Waals surface area contributed by atoms with Gasteiger partial charge in [-0.3, -0.25) is 4.68 Å². The van der Waals surface area contributed by atoms with Crippen LogP contribution in [0.2, 0.25) is 0 Å². The molecule has 19 heavy (non-hydrogen) atoms. The Balaban J connectivity index is 2.23. The second-order valence-electron chi connectivity index (χ2n) is 4.59. The molecule has 3 aromatic rings. The van der Waals surface area contributed by atoms with Crippen molar-refractivity contribution in [2.75, 3.05) is 0 Å². The summed E-state index contributed by atoms with van der Waals surface area (Å²) in [7, 11) is 1.89. The zero-order chi connectivity index (χ0) is 13.6. The van der Waals surface area contributed by atoms with Crippen LogP contribution in [0.3, 0.4) is 0 Å². The second-order valence-corrected chi connectivity index (χ2v) is 4.59. The van der Waals surface area contributed by atoms with Crippen LogP contribution in [0.5, 0.6) is 0 Å². The number of imidazole rings is 1. The quantitative estimate of drug-likeness (QED) is 0.640. The highest BCUT2D eigenvalue weighted by molar-refractivity contribution is 5.81. The van der Waals surface area contributed by atoms with E-state index in [2.05, 4.69) is 15.1 Å². The number of rotatable bonds is 2. The van der Waals surface area contributed by atoms with Crippen LogP contribution in [0, 0.1) is 6.92 Å². The predicted octanol–water partition coefficient (Wildman–Crippen LogP) is 1.02. The molecule has 0 aliphatic heterocycles. The van der Waals surface area contributed by atoms with Crippen molar-refractivity contribution < 1.29 is 0 Å². The summed E-state index contributed by atoms with van der Waals surface area (Å²) in [5.41, 5.74) is 11.1. The van der Waals surface area contributed by atoms with Crippen LogP contribution < -0.4 is 11.4 Å². The maximum absolute atomic E-state index is 11.3. The number of hydrogen-bond acceptors (Lipinski definition) is 3. The lowest BCUT2D eigenvalue weighted by atomic mass is 10.1. The Hall–Kier alpha value is -2.34. The molecule has 0 fully saturated rings. The van der Waals surface area contributed by atoms with Crippen molar-refractivity contribution in [3.8, 4) is 11.3 Å². The van der Waals surface area contributed by atoms with Gasteiger partial charge in [-0.2, -0.15) is 5.10 Å². The number of nitrogens with zero attached hydrogens (tertiary/aromatic N) is 2. The molecule has 2 aromatic heterocycles. The van der Waals surface area contributed by atoms with E-state index >= 15 is 0 Å². The van der Waals surface area contributed by atoms with Crippen molar-refractivity contribution in [2.24, 2.45) is 12.8 Å². The molecule has 0 saturated heterocycles. The Labute approximate surface area is 109 Å². The van der Waals surface area contributed by atoms with Gasteiger partial charge in [0.05, 0.1) is 22.4 Å². The summed E-state index contributed by atoms with van der Waals surface area (Å²) in [4.78, 5) is 16.8. The van der Waals surface area contributed by atoms with E-state index in [0.717, 1.165) is 33.5 Å². The summed E-state index contributed by atoms with van der Waals surface area (Å²) < 4.78 is 1.82. The second kappa shape index (κ2) is 4.10. The van der Waals surface area contributed by atoms with Gasteiger partial charge in [-0.15, -0.1) is 0 Å². The maximum Gasteiger partial charge on any atom is 0.323 e. The highest BCUT2D eigenvalue weighted by Crippen LogP contribution is 2.26. The van der Waals surface area contributed by atoms with Gasteiger partial charge >= 0.3 is 5.69 Å². The fraction of sp³-hybridized carbons (Fsp3) is 0.231. The number of nitrogens with two attached hydrogens (primary N) is 1. The molecule has 0 atom stereocenters. The normalized spacial score (nSPS) is 11.3. The van der Waals surface area contributed by atoms with Gasteiger partial charge in [0.25, 0.3) is 0 Å². The molecule has 0 spiro atoms. The third-order valence-corrected chi connectivity index (χ3v) is 3.37. The van der Waals surface area contributed by atoms with Gasteiger partial charge in [-0.05, 0) is 24.6 Å². The van der Waals surface area contributed by atoms with E-state index in [9.17, 15) is 4.79 Å². The molecule has 0 unspecified atom stereocenters. The van der Waals surface area contributed by atoms with Crippen molar-refractivity contribution in [3.63, 3.8) is 0 Å². The summed E-state index contributed by atoms with van der Waals surface area (Å²) in [6.07, 6.45) is 0. The first kappa shape index (κ1) is 11.7. The van der Waals surface area contributed by atoms with Gasteiger partial charge in [0.1, 0.15) is 0 Å². The smallest absolute Gasteiger partial charge is 0.323 e. The van der Waals surface area contributed by atoms with Gasteiger partial charge < -0.3 is 15.7 Å². The third kappa shape index (κ3) is 1.77. The Morgan fingerprint density at radius 1 is 1.32 bits per heavy atom. The summed E-state index contributed by atoms with van der Waals surface area (Å²) in [5.74, 6) is 0. The first-order valence-electron chi connectivity index (χ1n) is 6.05. The molecule has 3 rings (SSSR count). The van der Waals surface area contributed by atoms with E-state index in [1.54, 1.807) is 0 Å². The predicted molar refractivity (Wildman–Crippen MR) is 73.7 cm³/mol. The molecule has 0 aliphatic carbocycles. The number of H-pyrrole nitrogens is 2. The SMILES string of the molecule is Cc1c(CN)nn(C)c1-c1ccc2[nH]c(=O)[nH]c2c1. The number of aromatic amines is 2. The Kier molecular flexibility index (Phi) is 2.53. The number of benzene rings is 1. The number of hydrogen-bond donors (Lipinski definition) is 3. The Morgan fingerprint density at radius 2 is 2.05 bits per heavy atom. The van der Waals surface area contributed by atoms with E-state index in [1.165, 1.54) is 0 Å². The molecule has 6 nitrogen and oxygen atoms in total. The molecule has 0 aliphatic rings. The highest BCUT2D eigenvalue weighted by atomic mass is 16.1. The summed E-state index contributed by atoms with van der Waals surface area (Å²) in [5, 5.41) is 4.40. The number of aryl methyl sites for hydroxylation is 1. The van der Waals surface area contributed by atoms with E-state index < -0.39 is 0 Å². The fourth-order valence-corrected chi connectivity index (χ4v) is 2.46. The van der Waals surface area contributed by atoms with Crippen LogP contribution in [-0.4, -0.2) is 19.7 Å². The standard InChI is InChI=1S/C13H15N5O/c1-7-11(6-14)17-18(2)12(7)8-3-4-9-10(5-8)16-13(19)15-9/h3-5H,6,14H2,1-2H3,(H2,15,16,19). The van der Waals surface area contributed by atoms with Crippen LogP contribution in [0.25, 0.3) is 22.3 Å². The van der Waals surface area contributed by atoms with E-state index in [0.29, 0.717) is 6.54 Å². The van der Waals surface area contributed by atoms with Crippen molar-refractivity contribution in [1.29, 1.82) is 0 Å². The lowest BCUT2D eigenvalue weighted by molar-refractivity contribution is 0.749. The van der Waals surface area contributed by atoms with Crippen LogP contribution in [0.4, 0.5) is 0 Å². The maximum atomic E-state index is 11.3. The summed E-state index contributed by atoms with van der Waals surface area (Å²) in [6.45, 7) is 2.43. The van der Waals surface area contributed by atoms with E-state index in [4.69, 9.17) is 5.73 Å². The van der Waals surface area contributed by atoms with Crippen molar-refractivity contribution in [2.45, 2.75) is 13.5 Å². The largest absolute Gasteiger partial charge is 0.325 e. The fourth-order valence-electron chi connectivity index (χ4n) is 2.46. The molecule has 4 N–H and O–H groups in total. The first-order valence-corrected chi connectivity index (χ1v) is 6.05. The Morgan fingerprint density at radius 3 is 2.74 bits per heavy atom. The van der Waals surface area contributed by atoms with Crippen LogP contribution in [-0.2, 0) is 13.6 Å². The minimum absolute atomic E-state index is 0.198. The molecule has 0 saturated carbocycles. The van der Waals surface area contributed by atoms with Gasteiger partial charge in [-0.25, -0.2) is 4.79 Å². The average Bonchev–Trinajstić information content (AvgIpc) is 2.87. The van der Waals surface area contributed by atoms with Gasteiger partial charge in [0.2, 0.25) is 0 Å². The van der Waals surface area contributed by atoms with Gasteiger partial charge in [0, 0.05) is 19.2 Å². The van der Waals surface area contributed by atoms with Crippen molar-refractivity contribution >= 4 is 11.0 Å². The van der Waals surface area contributed by atoms with Crippen molar-refractivity contribution in [1.82, 2.24) is 19.7 Å². The number of nitrogens with one attached hydrogen (secondary N) is 2. The van der Waals surface area contributed by atoms with E-state index in [1.807, 2.05) is 36.9 Å². The van der Waals surface area contributed by atoms with E-state index in [-0.39, 0.29) is 5.69 Å². The number of aromatic nitrogens is 4. The summed E-state index contributed by atoms with van der Waals surface area (Å²) >= 11 is 0. The van der Waals surface area contributed by atoms with Crippen molar-refractivity contribution in [3.05, 3.63) is 39.9 Å². The van der Waals surface area contributed by atoms with Crippen LogP contribution >= 0.6 is 0 Å². The molecular weight excluding hydrogens is 242 g/mol. The van der Waals surface area contributed by atoms with Gasteiger partial charge in [0.15, 0.2) is 0 Å². The molecule has 0 amide bonds. The lowest BCUT2D eigenvalue weighted by Gasteiger charge is -2.04. The molecule has 98 valence electrons. The molecule has 6 heteroatoms. The highest BCUT2D eigenvalue weighted by Gasteiger charge is 2.13. The third-order valence-electron chi connectivity index (χ3n) is 3.37. The molecular formula is C13H15N5O. The zero-order valence-electron chi connectivity index (χ0n) is 10.8. The van der Waals surface area contributed by atoms with Gasteiger partial charge in [-0.1, -0.05) is 6.07 Å². The molecule has 1 aromatic carbocycles. The minimum Gasteiger partial charge on any atom is -0.325 e.